The highest BCUT2D eigenvalue weighted by Gasteiger charge is 2.43. The van der Waals surface area contributed by atoms with Gasteiger partial charge in [-0.05, 0) is 19.9 Å². The minimum atomic E-state index is -1.40. The Kier molecular flexibility index (Phi) is 5.54. The smallest absolute Gasteiger partial charge is 0.351 e. The van der Waals surface area contributed by atoms with E-state index in [9.17, 15) is 19.8 Å². The number of aliphatic hydroxyl groups excluding tert-OH is 3. The van der Waals surface area contributed by atoms with Gasteiger partial charge in [0, 0.05) is 12.7 Å². The lowest BCUT2D eigenvalue weighted by atomic mass is 10.1. The van der Waals surface area contributed by atoms with Gasteiger partial charge in [0.25, 0.3) is 0 Å². The molecule has 0 amide bonds. The monoisotopic (exact) mass is 343 g/mol. The third kappa shape index (κ3) is 3.26. The van der Waals surface area contributed by atoms with Crippen LogP contribution in [0.25, 0.3) is 0 Å². The maximum atomic E-state index is 12.2. The van der Waals surface area contributed by atoms with Crippen LogP contribution in [-0.2, 0) is 9.53 Å². The average Bonchev–Trinajstić information content (AvgIpc) is 2.83. The number of likely N-dealkylation sites (N-methyl/N-ethyl adjacent to an activating group) is 1. The Bertz CT molecular complexity index is 650. The topological polar surface area (TPSA) is 145 Å². The number of carboxylic acid groups (broad SMARTS) is 1. The number of nitrogens with zero attached hydrogens (tertiary/aromatic N) is 3. The minimum absolute atomic E-state index is 0.181. The predicted octanol–water partition coefficient (Wildman–Crippen LogP) is -1.85. The molecule has 0 bridgehead atoms. The van der Waals surface area contributed by atoms with Gasteiger partial charge in [0.05, 0.1) is 6.61 Å². The van der Waals surface area contributed by atoms with Gasteiger partial charge in [-0.25, -0.2) is 9.59 Å². The molecule has 2 heterocycles. The fourth-order valence-electron chi connectivity index (χ4n) is 2.63. The lowest BCUT2D eigenvalue weighted by Gasteiger charge is -2.26. The molecule has 1 fully saturated rings. The summed E-state index contributed by atoms with van der Waals surface area (Å²) in [5, 5.41) is 37.9. The van der Waals surface area contributed by atoms with E-state index in [0.717, 1.165) is 4.57 Å². The molecule has 2 rings (SSSR count). The van der Waals surface area contributed by atoms with Gasteiger partial charge in [-0.15, -0.1) is 0 Å². The summed E-state index contributed by atoms with van der Waals surface area (Å²) in [5.41, 5.74) is -0.765. The summed E-state index contributed by atoms with van der Waals surface area (Å²) < 4.78 is 6.27. The van der Waals surface area contributed by atoms with Crippen LogP contribution in [0.2, 0.25) is 0 Å². The van der Waals surface area contributed by atoms with E-state index in [1.54, 1.807) is 6.92 Å². The molecular weight excluding hydrogens is 322 g/mol. The third-order valence-corrected chi connectivity index (χ3v) is 4.07. The van der Waals surface area contributed by atoms with Crippen LogP contribution in [0.1, 0.15) is 20.1 Å². The first-order chi connectivity index (χ1) is 11.3. The molecule has 134 valence electrons. The summed E-state index contributed by atoms with van der Waals surface area (Å²) in [4.78, 5) is 28.6. The minimum Gasteiger partial charge on any atom is -0.480 e. The van der Waals surface area contributed by atoms with Crippen molar-refractivity contribution in [2.75, 3.05) is 18.1 Å². The van der Waals surface area contributed by atoms with Crippen LogP contribution in [-0.4, -0.2) is 73.5 Å². The van der Waals surface area contributed by atoms with Gasteiger partial charge >= 0.3 is 11.7 Å². The van der Waals surface area contributed by atoms with Crippen LogP contribution in [0.15, 0.2) is 17.1 Å². The van der Waals surface area contributed by atoms with Crippen LogP contribution in [0.4, 0.5) is 5.82 Å². The van der Waals surface area contributed by atoms with E-state index in [1.165, 1.54) is 24.1 Å². The van der Waals surface area contributed by atoms with Crippen molar-refractivity contribution in [2.45, 2.75) is 44.4 Å². The largest absolute Gasteiger partial charge is 0.480 e. The third-order valence-electron chi connectivity index (χ3n) is 4.07. The molecule has 24 heavy (non-hydrogen) atoms. The normalized spacial score (nSPS) is 27.9. The summed E-state index contributed by atoms with van der Waals surface area (Å²) >= 11 is 0. The number of ether oxygens (including phenoxy) is 1. The summed E-state index contributed by atoms with van der Waals surface area (Å²) in [5.74, 6) is -0.869. The maximum absolute atomic E-state index is 12.2. The molecule has 0 radical (unpaired) electrons. The molecule has 1 aliphatic heterocycles. The zero-order valence-corrected chi connectivity index (χ0v) is 13.3. The molecule has 0 saturated carbocycles. The van der Waals surface area contributed by atoms with Crippen LogP contribution in [0, 0.1) is 0 Å². The van der Waals surface area contributed by atoms with Crippen molar-refractivity contribution >= 4 is 11.8 Å². The Labute approximate surface area is 137 Å². The Morgan fingerprint density at radius 2 is 2.12 bits per heavy atom. The van der Waals surface area contributed by atoms with Gasteiger partial charge in [0.15, 0.2) is 6.23 Å². The number of aromatic nitrogens is 2. The maximum Gasteiger partial charge on any atom is 0.351 e. The molecular formula is C14H21N3O7. The molecule has 1 unspecified atom stereocenters. The molecule has 10 heteroatoms. The Morgan fingerprint density at radius 3 is 2.58 bits per heavy atom. The second-order valence-electron chi connectivity index (χ2n) is 5.50. The van der Waals surface area contributed by atoms with Gasteiger partial charge in [-0.1, -0.05) is 0 Å². The van der Waals surface area contributed by atoms with E-state index in [4.69, 9.17) is 14.9 Å². The summed E-state index contributed by atoms with van der Waals surface area (Å²) in [6.45, 7) is 3.04. The number of carboxylic acids is 1. The van der Waals surface area contributed by atoms with E-state index in [0.29, 0.717) is 6.54 Å². The fraction of sp³-hybridized carbons (Fsp3) is 0.643. The lowest BCUT2D eigenvalue weighted by Crippen LogP contribution is -2.41. The molecule has 1 aromatic rings. The zero-order chi connectivity index (χ0) is 18.0. The first kappa shape index (κ1) is 18.3. The highest BCUT2D eigenvalue weighted by atomic mass is 16.6. The summed E-state index contributed by atoms with van der Waals surface area (Å²) in [6, 6.07) is 0.561. The Balaban J connectivity index is 2.30. The first-order valence-electron chi connectivity index (χ1n) is 7.52. The Hall–Kier alpha value is -2.01. The van der Waals surface area contributed by atoms with E-state index in [2.05, 4.69) is 4.98 Å². The van der Waals surface area contributed by atoms with E-state index < -0.39 is 48.8 Å². The number of hydrogen-bond acceptors (Lipinski definition) is 8. The first-order valence-corrected chi connectivity index (χ1v) is 7.52. The summed E-state index contributed by atoms with van der Waals surface area (Å²) in [6.07, 6.45) is -3.60. The molecule has 1 aliphatic rings. The van der Waals surface area contributed by atoms with Gasteiger partial charge in [-0.3, -0.25) is 4.57 Å². The number of rotatable bonds is 6. The second kappa shape index (κ2) is 7.26. The SMILES string of the molecule is CCN(c1ccn([C@@H]2O[C@H](CO)[C@@H](O)[C@H]2O)c(=O)n1)C(C)C(=O)O. The fourth-order valence-corrected chi connectivity index (χ4v) is 2.63. The molecule has 0 spiro atoms. The van der Waals surface area contributed by atoms with Crippen LogP contribution >= 0.6 is 0 Å². The second-order valence-corrected chi connectivity index (χ2v) is 5.50. The van der Waals surface area contributed by atoms with Crippen molar-refractivity contribution < 1.29 is 30.0 Å². The number of aliphatic carboxylic acids is 1. The van der Waals surface area contributed by atoms with Crippen LogP contribution in [0.3, 0.4) is 0 Å². The van der Waals surface area contributed by atoms with Crippen molar-refractivity contribution in [3.05, 3.63) is 22.7 Å². The number of carbonyl (C=O) groups is 1. The predicted molar refractivity (Wildman–Crippen MR) is 81.6 cm³/mol. The van der Waals surface area contributed by atoms with E-state index in [1.807, 2.05) is 0 Å². The lowest BCUT2D eigenvalue weighted by molar-refractivity contribution is -0.138. The van der Waals surface area contributed by atoms with Crippen molar-refractivity contribution in [1.82, 2.24) is 9.55 Å². The Morgan fingerprint density at radius 1 is 1.46 bits per heavy atom. The van der Waals surface area contributed by atoms with E-state index >= 15 is 0 Å². The molecule has 0 aromatic carbocycles. The van der Waals surface area contributed by atoms with E-state index in [-0.39, 0.29) is 5.82 Å². The zero-order valence-electron chi connectivity index (χ0n) is 13.3. The van der Waals surface area contributed by atoms with Gasteiger partial charge in [0.1, 0.15) is 30.2 Å². The highest BCUT2D eigenvalue weighted by molar-refractivity contribution is 5.77. The molecule has 5 atom stereocenters. The van der Waals surface area contributed by atoms with Gasteiger partial charge < -0.3 is 30.1 Å². The number of hydrogen-bond donors (Lipinski definition) is 4. The van der Waals surface area contributed by atoms with Crippen LogP contribution < -0.4 is 10.6 Å². The number of aliphatic hydroxyl groups is 3. The van der Waals surface area contributed by atoms with Crippen molar-refractivity contribution in [1.29, 1.82) is 0 Å². The van der Waals surface area contributed by atoms with Crippen molar-refractivity contribution in [3.8, 4) is 0 Å². The van der Waals surface area contributed by atoms with Gasteiger partial charge in [-0.2, -0.15) is 4.98 Å². The molecule has 1 aromatic heterocycles. The average molecular weight is 343 g/mol. The highest BCUT2D eigenvalue weighted by Crippen LogP contribution is 2.28. The standard InChI is InChI=1S/C14H21N3O7/c1-3-16(7(2)13(21)22)9-4-5-17(14(23)15-9)12-11(20)10(19)8(6-18)24-12/h4-5,7-8,10-12,18-20H,3,6H2,1-2H3,(H,21,22)/t7?,8-,10-,11-,12-/m1/s1. The van der Waals surface area contributed by atoms with Crippen LogP contribution in [0.5, 0.6) is 0 Å². The van der Waals surface area contributed by atoms with Crippen molar-refractivity contribution in [2.24, 2.45) is 0 Å². The molecule has 1 saturated heterocycles. The number of anilines is 1. The van der Waals surface area contributed by atoms with Crippen molar-refractivity contribution in [3.63, 3.8) is 0 Å². The molecule has 0 aliphatic carbocycles. The summed E-state index contributed by atoms with van der Waals surface area (Å²) in [7, 11) is 0. The molecule has 4 N–H and O–H groups in total. The van der Waals surface area contributed by atoms with Gasteiger partial charge in [0.2, 0.25) is 0 Å². The quantitative estimate of drug-likeness (QED) is 0.468. The molecule has 10 nitrogen and oxygen atoms in total.